The van der Waals surface area contributed by atoms with Crippen molar-refractivity contribution >= 4 is 48.6 Å². The Bertz CT molecular complexity index is 1530. The number of benzene rings is 3. The Morgan fingerprint density at radius 3 is 2.57 bits per heavy atom. The fourth-order valence-electron chi connectivity index (χ4n) is 4.42. The molecule has 4 aromatic rings. The Labute approximate surface area is 219 Å². The Balaban J connectivity index is 1.29. The van der Waals surface area contributed by atoms with Gasteiger partial charge in [0.2, 0.25) is 10.0 Å². The van der Waals surface area contributed by atoms with Gasteiger partial charge in [0.15, 0.2) is 11.7 Å². The zero-order valence-corrected chi connectivity index (χ0v) is 21.7. The van der Waals surface area contributed by atoms with Crippen molar-refractivity contribution in [1.82, 2.24) is 9.29 Å². The number of anilines is 1. The number of hydrogen-bond donors (Lipinski definition) is 1. The molecular formula is C27H25N3O5S2. The predicted octanol–water partition coefficient (Wildman–Crippen LogP) is 4.46. The summed E-state index contributed by atoms with van der Waals surface area (Å²) in [6.45, 7) is 1.64. The van der Waals surface area contributed by atoms with E-state index in [-0.39, 0.29) is 17.9 Å². The molecule has 1 amide bonds. The highest BCUT2D eigenvalue weighted by molar-refractivity contribution is 7.89. The summed E-state index contributed by atoms with van der Waals surface area (Å²) in [6.07, 6.45) is 0.327. The lowest BCUT2D eigenvalue weighted by molar-refractivity contribution is -0.148. The van der Waals surface area contributed by atoms with Gasteiger partial charge in [-0.15, -0.1) is 0 Å². The number of rotatable bonds is 7. The molecule has 1 aromatic heterocycles. The van der Waals surface area contributed by atoms with Gasteiger partial charge in [-0.3, -0.25) is 14.9 Å². The molecule has 0 aliphatic carbocycles. The minimum absolute atomic E-state index is 0.172. The van der Waals surface area contributed by atoms with Gasteiger partial charge >= 0.3 is 5.97 Å². The summed E-state index contributed by atoms with van der Waals surface area (Å²) in [5.41, 5.74) is 3.47. The van der Waals surface area contributed by atoms with E-state index in [1.54, 1.807) is 24.3 Å². The van der Waals surface area contributed by atoms with Crippen LogP contribution in [0.4, 0.5) is 5.13 Å². The first-order valence-corrected chi connectivity index (χ1v) is 14.0. The van der Waals surface area contributed by atoms with Gasteiger partial charge in [-0.25, -0.2) is 13.4 Å². The van der Waals surface area contributed by atoms with E-state index in [0.29, 0.717) is 11.6 Å². The maximum atomic E-state index is 13.5. The lowest BCUT2D eigenvalue weighted by atomic mass is 9.92. The van der Waals surface area contributed by atoms with Gasteiger partial charge in [0.25, 0.3) is 5.91 Å². The minimum atomic E-state index is -3.86. The second-order valence-corrected chi connectivity index (χ2v) is 11.7. The molecule has 190 valence electrons. The van der Waals surface area contributed by atoms with Gasteiger partial charge in [-0.1, -0.05) is 65.4 Å². The van der Waals surface area contributed by atoms with Gasteiger partial charge in [-0.2, -0.15) is 4.31 Å². The van der Waals surface area contributed by atoms with Crippen molar-refractivity contribution in [2.75, 3.05) is 18.5 Å². The van der Waals surface area contributed by atoms with Crippen molar-refractivity contribution in [3.05, 3.63) is 89.5 Å². The molecule has 2 heterocycles. The number of aromatic nitrogens is 1. The highest BCUT2D eigenvalue weighted by Gasteiger charge is 2.37. The topological polar surface area (TPSA) is 106 Å². The Morgan fingerprint density at radius 1 is 1.05 bits per heavy atom. The smallest absolute Gasteiger partial charge is 0.308 e. The molecule has 0 radical (unpaired) electrons. The van der Waals surface area contributed by atoms with Gasteiger partial charge in [-0.05, 0) is 48.7 Å². The number of carbonyl (C=O) groups excluding carboxylic acids is 2. The third-order valence-corrected chi connectivity index (χ3v) is 9.13. The predicted molar refractivity (Wildman–Crippen MR) is 142 cm³/mol. The van der Waals surface area contributed by atoms with Crippen LogP contribution in [0.5, 0.6) is 0 Å². The van der Waals surface area contributed by atoms with E-state index in [0.717, 1.165) is 26.9 Å². The van der Waals surface area contributed by atoms with Crippen LogP contribution >= 0.6 is 11.3 Å². The molecule has 1 aliphatic heterocycles. The molecule has 0 saturated carbocycles. The molecule has 10 heteroatoms. The lowest BCUT2D eigenvalue weighted by Gasteiger charge is -2.36. The van der Waals surface area contributed by atoms with Crippen LogP contribution in [0.2, 0.25) is 0 Å². The van der Waals surface area contributed by atoms with Crippen LogP contribution in [0, 0.1) is 6.92 Å². The number of thiazole rings is 1. The van der Waals surface area contributed by atoms with Crippen molar-refractivity contribution in [3.63, 3.8) is 0 Å². The molecule has 1 unspecified atom stereocenters. The zero-order valence-electron chi connectivity index (χ0n) is 20.1. The maximum Gasteiger partial charge on any atom is 0.308 e. The molecular weight excluding hydrogens is 510 g/mol. The van der Waals surface area contributed by atoms with E-state index in [2.05, 4.69) is 10.3 Å². The monoisotopic (exact) mass is 535 g/mol. The lowest BCUT2D eigenvalue weighted by Crippen LogP contribution is -2.41. The van der Waals surface area contributed by atoms with E-state index in [4.69, 9.17) is 4.74 Å². The summed E-state index contributed by atoms with van der Waals surface area (Å²) < 4.78 is 34.6. The average molecular weight is 536 g/mol. The molecule has 0 spiro atoms. The normalized spacial score (nSPS) is 15.8. The quantitative estimate of drug-likeness (QED) is 0.350. The van der Waals surface area contributed by atoms with Crippen LogP contribution < -0.4 is 5.32 Å². The maximum absolute atomic E-state index is 13.5. The number of amides is 1. The van der Waals surface area contributed by atoms with Crippen LogP contribution in [0.15, 0.2) is 77.7 Å². The van der Waals surface area contributed by atoms with Crippen LogP contribution in [0.1, 0.15) is 29.2 Å². The molecule has 0 fully saturated rings. The van der Waals surface area contributed by atoms with Crippen molar-refractivity contribution in [1.29, 1.82) is 0 Å². The number of aryl methyl sites for hydroxylation is 1. The number of carbonyl (C=O) groups is 2. The Kier molecular flexibility index (Phi) is 7.05. The van der Waals surface area contributed by atoms with E-state index in [1.165, 1.54) is 15.6 Å². The van der Waals surface area contributed by atoms with Crippen molar-refractivity contribution in [2.24, 2.45) is 0 Å². The number of nitrogens with one attached hydrogen (secondary N) is 1. The standard InChI is InChI=1S/C27H25N3O5S2/c1-18-10-12-20(13-11-18)37(33,34)30-15-14-19-6-2-3-7-21(19)23(30)16-26(32)35-17-25(31)29-27-28-22-8-4-5-9-24(22)36-27/h2-13,23H,14-17H2,1H3,(H,28,29,31). The molecule has 37 heavy (non-hydrogen) atoms. The average Bonchev–Trinajstić information content (AvgIpc) is 3.30. The van der Waals surface area contributed by atoms with Gasteiger partial charge < -0.3 is 4.74 Å². The number of esters is 1. The van der Waals surface area contributed by atoms with E-state index in [1.807, 2.05) is 55.5 Å². The molecule has 3 aromatic carbocycles. The first-order valence-electron chi connectivity index (χ1n) is 11.8. The molecule has 0 saturated heterocycles. The highest BCUT2D eigenvalue weighted by Crippen LogP contribution is 2.36. The number of ether oxygens (including phenoxy) is 1. The van der Waals surface area contributed by atoms with Crippen LogP contribution in [-0.2, 0) is 30.8 Å². The summed E-state index contributed by atoms with van der Waals surface area (Å²) in [6, 6.07) is 20.9. The summed E-state index contributed by atoms with van der Waals surface area (Å²) in [5, 5.41) is 3.07. The number of fused-ring (bicyclic) bond motifs is 2. The third-order valence-electron chi connectivity index (χ3n) is 6.26. The van der Waals surface area contributed by atoms with Gasteiger partial charge in [0.05, 0.1) is 27.6 Å². The molecule has 8 nitrogen and oxygen atoms in total. The molecule has 1 aliphatic rings. The Morgan fingerprint density at radius 2 is 1.78 bits per heavy atom. The van der Waals surface area contributed by atoms with Gasteiger partial charge in [0, 0.05) is 6.54 Å². The Hall–Kier alpha value is -3.60. The number of sulfonamides is 1. The summed E-state index contributed by atoms with van der Waals surface area (Å²) in [5.74, 6) is -1.18. The summed E-state index contributed by atoms with van der Waals surface area (Å²) >= 11 is 1.33. The van der Waals surface area contributed by atoms with E-state index < -0.39 is 34.5 Å². The molecule has 0 bridgehead atoms. The van der Waals surface area contributed by atoms with Gasteiger partial charge in [0.1, 0.15) is 0 Å². The fraction of sp³-hybridized carbons (Fsp3) is 0.222. The molecule has 1 N–H and O–H groups in total. The minimum Gasteiger partial charge on any atom is -0.456 e. The van der Waals surface area contributed by atoms with E-state index >= 15 is 0 Å². The first kappa shape index (κ1) is 25.1. The van der Waals surface area contributed by atoms with Crippen LogP contribution in [0.3, 0.4) is 0 Å². The molecule has 5 rings (SSSR count). The first-order chi connectivity index (χ1) is 17.8. The van der Waals surface area contributed by atoms with E-state index in [9.17, 15) is 18.0 Å². The largest absolute Gasteiger partial charge is 0.456 e. The number of nitrogens with zero attached hydrogens (tertiary/aromatic N) is 2. The second kappa shape index (κ2) is 10.4. The summed E-state index contributed by atoms with van der Waals surface area (Å²) in [7, 11) is -3.86. The third kappa shape index (κ3) is 5.41. The summed E-state index contributed by atoms with van der Waals surface area (Å²) in [4.78, 5) is 29.7. The SMILES string of the molecule is Cc1ccc(S(=O)(=O)N2CCc3ccccc3C2CC(=O)OCC(=O)Nc2nc3ccccc3s2)cc1. The van der Waals surface area contributed by atoms with Crippen molar-refractivity contribution < 1.29 is 22.7 Å². The van der Waals surface area contributed by atoms with Crippen LogP contribution in [0.25, 0.3) is 10.2 Å². The van der Waals surface area contributed by atoms with Crippen molar-refractivity contribution in [2.45, 2.75) is 30.7 Å². The second-order valence-electron chi connectivity index (χ2n) is 8.79. The fourth-order valence-corrected chi connectivity index (χ4v) is 6.91. The number of hydrogen-bond acceptors (Lipinski definition) is 7. The zero-order chi connectivity index (χ0) is 26.0. The van der Waals surface area contributed by atoms with Crippen LogP contribution in [-0.4, -0.2) is 42.7 Å². The number of para-hydroxylation sites is 1. The molecule has 1 atom stereocenters. The highest BCUT2D eigenvalue weighted by atomic mass is 32.2. The van der Waals surface area contributed by atoms with Crippen molar-refractivity contribution in [3.8, 4) is 0 Å².